The molecule has 1 amide bonds. The standard InChI is InChI=1S/C33H40N4O/c1-23-7-11-28(34)21-32(23)33(38)36-24(2)29-12-10-27(30-5-3-4-6-31(29)30)9-8-25-15-19-37(20-16-25)22-26-13-17-35-18-14-26/h3-7,10-12,21,24-26,35H,13-20,22,34H2,1-2H3,(H,36,38)/t24-/m1/s1. The number of rotatable bonds is 5. The smallest absolute Gasteiger partial charge is 0.252 e. The van der Waals surface area contributed by atoms with Crippen molar-refractivity contribution < 1.29 is 4.79 Å². The summed E-state index contributed by atoms with van der Waals surface area (Å²) in [7, 11) is 0. The molecule has 0 aromatic heterocycles. The largest absolute Gasteiger partial charge is 0.399 e. The lowest BCUT2D eigenvalue weighted by molar-refractivity contribution is 0.0939. The lowest BCUT2D eigenvalue weighted by Gasteiger charge is -2.34. The van der Waals surface area contributed by atoms with E-state index in [9.17, 15) is 4.79 Å². The number of benzene rings is 3. The average molecular weight is 509 g/mol. The number of likely N-dealkylation sites (tertiary alicyclic amines) is 1. The molecule has 0 aliphatic carbocycles. The predicted molar refractivity (Wildman–Crippen MR) is 157 cm³/mol. The van der Waals surface area contributed by atoms with Gasteiger partial charge in [0.1, 0.15) is 0 Å². The van der Waals surface area contributed by atoms with Crippen LogP contribution in [0.25, 0.3) is 10.8 Å². The SMILES string of the molecule is Cc1ccc(N)cc1C(=O)N[C@H](C)c1ccc(C#CC2CCN(CC3CCNCC3)CC2)c2ccccc12. The second-order valence-electron chi connectivity index (χ2n) is 11.1. The van der Waals surface area contributed by atoms with Gasteiger partial charge < -0.3 is 21.3 Å². The molecule has 2 aliphatic rings. The monoisotopic (exact) mass is 508 g/mol. The number of hydrogen-bond donors (Lipinski definition) is 3. The van der Waals surface area contributed by atoms with E-state index in [-0.39, 0.29) is 11.9 Å². The zero-order chi connectivity index (χ0) is 26.5. The molecule has 38 heavy (non-hydrogen) atoms. The van der Waals surface area contributed by atoms with E-state index in [0.29, 0.717) is 17.2 Å². The highest BCUT2D eigenvalue weighted by molar-refractivity contribution is 5.97. The maximum Gasteiger partial charge on any atom is 0.252 e. The van der Waals surface area contributed by atoms with Crippen LogP contribution in [0.1, 0.15) is 65.7 Å². The third-order valence-electron chi connectivity index (χ3n) is 8.25. The summed E-state index contributed by atoms with van der Waals surface area (Å²) in [6.07, 6.45) is 4.93. The van der Waals surface area contributed by atoms with Gasteiger partial charge in [-0.05, 0) is 112 Å². The Morgan fingerprint density at radius 3 is 2.55 bits per heavy atom. The van der Waals surface area contributed by atoms with Crippen LogP contribution < -0.4 is 16.4 Å². The van der Waals surface area contributed by atoms with E-state index in [2.05, 4.69) is 63.8 Å². The molecule has 5 nitrogen and oxygen atoms in total. The number of nitrogens with two attached hydrogens (primary N) is 1. The van der Waals surface area contributed by atoms with Crippen molar-refractivity contribution in [3.63, 3.8) is 0 Å². The summed E-state index contributed by atoms with van der Waals surface area (Å²) in [5, 5.41) is 8.92. The van der Waals surface area contributed by atoms with Crippen LogP contribution in [0, 0.1) is 30.6 Å². The highest BCUT2D eigenvalue weighted by atomic mass is 16.1. The number of amides is 1. The molecule has 5 heteroatoms. The van der Waals surface area contributed by atoms with Gasteiger partial charge in [-0.1, -0.05) is 48.2 Å². The molecule has 0 spiro atoms. The van der Waals surface area contributed by atoms with E-state index in [1.807, 2.05) is 26.0 Å². The number of nitrogen functional groups attached to an aromatic ring is 1. The van der Waals surface area contributed by atoms with Crippen LogP contribution in [0.5, 0.6) is 0 Å². The fourth-order valence-corrected chi connectivity index (χ4v) is 5.91. The zero-order valence-electron chi connectivity index (χ0n) is 22.7. The van der Waals surface area contributed by atoms with E-state index >= 15 is 0 Å². The molecule has 2 aliphatic heterocycles. The molecule has 2 saturated heterocycles. The highest BCUT2D eigenvalue weighted by Gasteiger charge is 2.22. The molecular weight excluding hydrogens is 468 g/mol. The highest BCUT2D eigenvalue weighted by Crippen LogP contribution is 2.28. The quantitative estimate of drug-likeness (QED) is 0.324. The molecular formula is C33H40N4O. The van der Waals surface area contributed by atoms with Gasteiger partial charge in [-0.3, -0.25) is 4.79 Å². The molecule has 4 N–H and O–H groups in total. The Labute approximate surface area is 227 Å². The molecule has 0 saturated carbocycles. The molecule has 3 aromatic rings. The van der Waals surface area contributed by atoms with E-state index in [4.69, 9.17) is 5.73 Å². The summed E-state index contributed by atoms with van der Waals surface area (Å²) < 4.78 is 0. The molecule has 0 unspecified atom stereocenters. The molecule has 3 aromatic carbocycles. The molecule has 0 radical (unpaired) electrons. The van der Waals surface area contributed by atoms with Crippen molar-refractivity contribution in [2.75, 3.05) is 38.5 Å². The van der Waals surface area contributed by atoms with Crippen molar-refractivity contribution in [1.29, 1.82) is 0 Å². The van der Waals surface area contributed by atoms with Crippen molar-refractivity contribution in [2.45, 2.75) is 45.6 Å². The van der Waals surface area contributed by atoms with Gasteiger partial charge in [-0.25, -0.2) is 0 Å². The van der Waals surface area contributed by atoms with Gasteiger partial charge in [0.2, 0.25) is 0 Å². The second kappa shape index (κ2) is 12.0. The number of aryl methyl sites for hydroxylation is 1. The average Bonchev–Trinajstić information content (AvgIpc) is 2.94. The first-order chi connectivity index (χ1) is 18.5. The minimum absolute atomic E-state index is 0.109. The van der Waals surface area contributed by atoms with Crippen LogP contribution >= 0.6 is 0 Å². The fourth-order valence-electron chi connectivity index (χ4n) is 5.91. The number of carbonyl (C=O) groups excluding carboxylic acids is 1. The Hall–Kier alpha value is -3.33. The first-order valence-electron chi connectivity index (χ1n) is 14.1. The Bertz CT molecular complexity index is 1340. The summed E-state index contributed by atoms with van der Waals surface area (Å²) in [4.78, 5) is 15.7. The van der Waals surface area contributed by atoms with Gasteiger partial charge in [0.15, 0.2) is 0 Å². The zero-order valence-corrected chi connectivity index (χ0v) is 22.7. The Morgan fingerprint density at radius 1 is 1.05 bits per heavy atom. The van der Waals surface area contributed by atoms with Crippen LogP contribution in [-0.4, -0.2) is 43.5 Å². The number of hydrogen-bond acceptors (Lipinski definition) is 4. The third kappa shape index (κ3) is 6.20. The van der Waals surface area contributed by atoms with E-state index < -0.39 is 0 Å². The van der Waals surface area contributed by atoms with Gasteiger partial charge in [0, 0.05) is 29.3 Å². The van der Waals surface area contributed by atoms with Gasteiger partial charge >= 0.3 is 0 Å². The van der Waals surface area contributed by atoms with Gasteiger partial charge in [0.05, 0.1) is 6.04 Å². The normalized spacial score (nSPS) is 18.1. The Balaban J connectivity index is 1.27. The summed E-state index contributed by atoms with van der Waals surface area (Å²) in [6.45, 7) is 9.88. The van der Waals surface area contributed by atoms with Crippen molar-refractivity contribution in [2.24, 2.45) is 11.8 Å². The van der Waals surface area contributed by atoms with Crippen molar-refractivity contribution in [3.05, 3.63) is 76.9 Å². The van der Waals surface area contributed by atoms with Crippen LogP contribution in [0.2, 0.25) is 0 Å². The van der Waals surface area contributed by atoms with Crippen LogP contribution in [0.3, 0.4) is 0 Å². The number of anilines is 1. The lowest BCUT2D eigenvalue weighted by Crippen LogP contribution is -2.40. The molecule has 0 bridgehead atoms. The first kappa shape index (κ1) is 26.3. The molecule has 2 heterocycles. The maximum atomic E-state index is 13.0. The second-order valence-corrected chi connectivity index (χ2v) is 11.1. The Kier molecular flexibility index (Phi) is 8.32. The third-order valence-corrected chi connectivity index (χ3v) is 8.25. The van der Waals surface area contributed by atoms with E-state index in [1.54, 1.807) is 6.07 Å². The maximum absolute atomic E-state index is 13.0. The fraction of sp³-hybridized carbons (Fsp3) is 0.424. The summed E-state index contributed by atoms with van der Waals surface area (Å²) in [5.74, 6) is 8.32. The van der Waals surface area contributed by atoms with E-state index in [1.165, 1.54) is 32.5 Å². The van der Waals surface area contributed by atoms with Crippen molar-refractivity contribution in [3.8, 4) is 11.8 Å². The van der Waals surface area contributed by atoms with E-state index in [0.717, 1.165) is 59.3 Å². The summed E-state index contributed by atoms with van der Waals surface area (Å²) >= 11 is 0. The molecule has 1 atom stereocenters. The number of piperidine rings is 2. The number of fused-ring (bicyclic) bond motifs is 1. The number of nitrogens with zero attached hydrogens (tertiary/aromatic N) is 1. The van der Waals surface area contributed by atoms with Crippen LogP contribution in [-0.2, 0) is 0 Å². The Morgan fingerprint density at radius 2 is 1.79 bits per heavy atom. The van der Waals surface area contributed by atoms with Crippen LogP contribution in [0.4, 0.5) is 5.69 Å². The predicted octanol–water partition coefficient (Wildman–Crippen LogP) is 5.28. The van der Waals surface area contributed by atoms with Gasteiger partial charge in [-0.2, -0.15) is 0 Å². The minimum atomic E-state index is -0.153. The van der Waals surface area contributed by atoms with Gasteiger partial charge in [0.25, 0.3) is 5.91 Å². The minimum Gasteiger partial charge on any atom is -0.399 e. The first-order valence-corrected chi connectivity index (χ1v) is 14.1. The van der Waals surface area contributed by atoms with Crippen molar-refractivity contribution >= 4 is 22.4 Å². The number of carbonyl (C=O) groups is 1. The van der Waals surface area contributed by atoms with Crippen molar-refractivity contribution in [1.82, 2.24) is 15.5 Å². The molecule has 2 fully saturated rings. The summed E-state index contributed by atoms with van der Waals surface area (Å²) in [5.41, 5.74) is 10.2. The summed E-state index contributed by atoms with van der Waals surface area (Å²) in [6, 6.07) is 17.9. The number of nitrogens with one attached hydrogen (secondary N) is 2. The van der Waals surface area contributed by atoms with Crippen LogP contribution in [0.15, 0.2) is 54.6 Å². The topological polar surface area (TPSA) is 70.4 Å². The lowest BCUT2D eigenvalue weighted by atomic mass is 9.92. The molecule has 198 valence electrons. The molecule has 5 rings (SSSR count). The van der Waals surface area contributed by atoms with Gasteiger partial charge in [-0.15, -0.1) is 0 Å².